The normalized spacial score (nSPS) is 33.3. The Labute approximate surface area is 135 Å². The standard InChI is InChI=1S/C16H19NO4Se/c1-3-15(20)12-9-10-16(14(19)21-2,17(12)13(15)18)22-11-7-5-4-6-8-11/h4-8,12,20H,3,9-10H2,1-2H3. The second-order valence-corrected chi connectivity index (χ2v) is 8.53. The van der Waals surface area contributed by atoms with Gasteiger partial charge in [-0.25, -0.2) is 0 Å². The average molecular weight is 368 g/mol. The van der Waals surface area contributed by atoms with E-state index >= 15 is 0 Å². The molecule has 118 valence electrons. The van der Waals surface area contributed by atoms with Gasteiger partial charge in [0.2, 0.25) is 0 Å². The summed E-state index contributed by atoms with van der Waals surface area (Å²) in [4.78, 5) is 26.6. The quantitative estimate of drug-likeness (QED) is 0.463. The summed E-state index contributed by atoms with van der Waals surface area (Å²) in [6.45, 7) is 1.80. The summed E-state index contributed by atoms with van der Waals surface area (Å²) in [7, 11) is 1.36. The van der Waals surface area contributed by atoms with E-state index in [0.717, 1.165) is 4.46 Å². The molecule has 22 heavy (non-hydrogen) atoms. The van der Waals surface area contributed by atoms with Crippen LogP contribution in [-0.2, 0) is 14.3 Å². The van der Waals surface area contributed by atoms with Gasteiger partial charge in [-0.05, 0) is 0 Å². The molecular weight excluding hydrogens is 349 g/mol. The van der Waals surface area contributed by atoms with Crippen molar-refractivity contribution in [1.82, 2.24) is 4.90 Å². The first-order valence-electron chi connectivity index (χ1n) is 7.38. The van der Waals surface area contributed by atoms with Gasteiger partial charge in [0.25, 0.3) is 0 Å². The summed E-state index contributed by atoms with van der Waals surface area (Å²) in [6.07, 6.45) is 1.57. The Morgan fingerprint density at radius 3 is 2.73 bits per heavy atom. The number of hydrogen-bond acceptors (Lipinski definition) is 4. The number of rotatable bonds is 4. The van der Waals surface area contributed by atoms with Crippen molar-refractivity contribution in [2.45, 2.75) is 42.3 Å². The van der Waals surface area contributed by atoms with Crippen molar-refractivity contribution in [1.29, 1.82) is 0 Å². The minimum absolute atomic E-state index is 0.263. The first-order chi connectivity index (χ1) is 10.5. The summed E-state index contributed by atoms with van der Waals surface area (Å²) < 4.78 is 5.13. The molecule has 2 saturated heterocycles. The van der Waals surface area contributed by atoms with Crippen LogP contribution in [0.4, 0.5) is 0 Å². The molecule has 2 aliphatic heterocycles. The molecule has 3 atom stereocenters. The van der Waals surface area contributed by atoms with Gasteiger partial charge < -0.3 is 0 Å². The van der Waals surface area contributed by atoms with Crippen LogP contribution in [0.3, 0.4) is 0 Å². The molecule has 0 radical (unpaired) electrons. The number of methoxy groups -OCH3 is 1. The molecular formula is C16H19NO4Se. The molecule has 2 fully saturated rings. The fraction of sp³-hybridized carbons (Fsp3) is 0.500. The Morgan fingerprint density at radius 2 is 2.14 bits per heavy atom. The fourth-order valence-electron chi connectivity index (χ4n) is 3.45. The van der Waals surface area contributed by atoms with Crippen molar-refractivity contribution >= 4 is 31.3 Å². The number of β-lactam (4-membered cyclic amide) rings is 1. The van der Waals surface area contributed by atoms with Crippen LogP contribution in [0.5, 0.6) is 0 Å². The predicted molar refractivity (Wildman–Crippen MR) is 81.7 cm³/mol. The minimum atomic E-state index is -1.30. The van der Waals surface area contributed by atoms with Gasteiger partial charge in [0, 0.05) is 0 Å². The first-order valence-corrected chi connectivity index (χ1v) is 9.09. The second-order valence-electron chi connectivity index (χ2n) is 5.70. The molecule has 1 amide bonds. The van der Waals surface area contributed by atoms with Gasteiger partial charge in [0.15, 0.2) is 0 Å². The van der Waals surface area contributed by atoms with Crippen molar-refractivity contribution in [3.8, 4) is 0 Å². The van der Waals surface area contributed by atoms with Crippen LogP contribution in [0, 0.1) is 0 Å². The van der Waals surface area contributed by atoms with Crippen LogP contribution in [0.25, 0.3) is 0 Å². The summed E-state index contributed by atoms with van der Waals surface area (Å²) in [6, 6.07) is 9.44. The van der Waals surface area contributed by atoms with Crippen molar-refractivity contribution in [2.24, 2.45) is 0 Å². The summed E-state index contributed by atoms with van der Waals surface area (Å²) in [5.41, 5.74) is -1.30. The molecule has 1 N–H and O–H groups in total. The van der Waals surface area contributed by atoms with E-state index in [-0.39, 0.29) is 32.9 Å². The molecule has 0 aliphatic carbocycles. The van der Waals surface area contributed by atoms with Gasteiger partial charge in [-0.3, -0.25) is 0 Å². The zero-order valence-corrected chi connectivity index (χ0v) is 14.3. The van der Waals surface area contributed by atoms with E-state index in [1.807, 2.05) is 30.3 Å². The molecule has 0 bridgehead atoms. The number of carbonyl (C=O) groups excluding carboxylic acids is 2. The number of fused-ring (bicyclic) bond motifs is 1. The zero-order chi connectivity index (χ0) is 16.0. The van der Waals surface area contributed by atoms with Crippen LogP contribution in [0.1, 0.15) is 26.2 Å². The van der Waals surface area contributed by atoms with E-state index in [9.17, 15) is 14.7 Å². The third kappa shape index (κ3) is 1.94. The third-order valence-corrected chi connectivity index (χ3v) is 7.64. The van der Waals surface area contributed by atoms with Gasteiger partial charge in [-0.2, -0.15) is 0 Å². The molecule has 3 rings (SSSR count). The maximum absolute atomic E-state index is 12.5. The summed E-state index contributed by atoms with van der Waals surface area (Å²) >= 11 is -0.263. The van der Waals surface area contributed by atoms with E-state index in [0.29, 0.717) is 19.3 Å². The molecule has 6 heteroatoms. The van der Waals surface area contributed by atoms with Crippen molar-refractivity contribution in [3.05, 3.63) is 30.3 Å². The molecule has 2 heterocycles. The Morgan fingerprint density at radius 1 is 1.45 bits per heavy atom. The van der Waals surface area contributed by atoms with Crippen LogP contribution in [0.15, 0.2) is 30.3 Å². The number of carbonyl (C=O) groups is 2. The Balaban J connectivity index is 1.96. The van der Waals surface area contributed by atoms with E-state index in [1.165, 1.54) is 7.11 Å². The third-order valence-electron chi connectivity index (χ3n) is 4.67. The number of ether oxygens (including phenoxy) is 1. The molecule has 5 nitrogen and oxygen atoms in total. The number of benzene rings is 1. The molecule has 1 aromatic rings. The van der Waals surface area contributed by atoms with Crippen molar-refractivity contribution in [2.75, 3.05) is 7.11 Å². The topological polar surface area (TPSA) is 66.8 Å². The number of nitrogens with zero attached hydrogens (tertiary/aromatic N) is 1. The maximum atomic E-state index is 12.5. The van der Waals surface area contributed by atoms with E-state index in [2.05, 4.69) is 0 Å². The van der Waals surface area contributed by atoms with E-state index in [4.69, 9.17) is 4.74 Å². The molecule has 2 aliphatic rings. The summed E-state index contributed by atoms with van der Waals surface area (Å²) in [5.74, 6) is -0.703. The van der Waals surface area contributed by atoms with E-state index in [1.54, 1.807) is 11.8 Å². The van der Waals surface area contributed by atoms with Crippen LogP contribution >= 0.6 is 0 Å². The Bertz CT molecular complexity index is 607. The number of esters is 1. The molecule has 3 unspecified atom stereocenters. The SMILES string of the molecule is CCC1(O)C(=O)N2C1CCC2([Se]c1ccccc1)C(=O)OC. The summed E-state index contributed by atoms with van der Waals surface area (Å²) in [5, 5.41) is 10.5. The van der Waals surface area contributed by atoms with Crippen molar-refractivity contribution < 1.29 is 19.4 Å². The predicted octanol–water partition coefficient (Wildman–Crippen LogP) is 0.0311. The molecule has 0 aromatic heterocycles. The van der Waals surface area contributed by atoms with Crippen LogP contribution in [0.2, 0.25) is 0 Å². The van der Waals surface area contributed by atoms with Crippen LogP contribution in [-0.4, -0.2) is 60.0 Å². The van der Waals surface area contributed by atoms with E-state index < -0.39 is 10.0 Å². The molecule has 0 saturated carbocycles. The number of aliphatic hydroxyl groups is 1. The average Bonchev–Trinajstić information content (AvgIpc) is 2.91. The number of amides is 1. The molecule has 1 aromatic carbocycles. The Kier molecular flexibility index (Phi) is 3.79. The van der Waals surface area contributed by atoms with Crippen LogP contribution < -0.4 is 4.46 Å². The van der Waals surface area contributed by atoms with Gasteiger partial charge in [-0.15, -0.1) is 0 Å². The first kappa shape index (κ1) is 15.5. The number of hydrogen-bond donors (Lipinski definition) is 1. The van der Waals surface area contributed by atoms with Gasteiger partial charge in [0.05, 0.1) is 0 Å². The zero-order valence-electron chi connectivity index (χ0n) is 12.6. The van der Waals surface area contributed by atoms with Gasteiger partial charge >= 0.3 is 135 Å². The second kappa shape index (κ2) is 5.37. The Hall–Kier alpha value is -1.36. The van der Waals surface area contributed by atoms with Gasteiger partial charge in [-0.1, -0.05) is 0 Å². The van der Waals surface area contributed by atoms with Crippen molar-refractivity contribution in [3.63, 3.8) is 0 Å². The fourth-order valence-corrected chi connectivity index (χ4v) is 6.34. The molecule has 0 spiro atoms. The monoisotopic (exact) mass is 369 g/mol. The van der Waals surface area contributed by atoms with Gasteiger partial charge in [0.1, 0.15) is 0 Å².